The third kappa shape index (κ3) is 2.66. The van der Waals surface area contributed by atoms with E-state index in [0.29, 0.717) is 0 Å². The molecule has 0 amide bonds. The molecule has 1 nitrogen and oxygen atoms in total. The molecule has 2 heterocycles. The highest BCUT2D eigenvalue weighted by Crippen LogP contribution is 2.42. The molecular weight excluding hydrogens is 230 g/mol. The first-order valence-electron chi connectivity index (χ1n) is 7.62. The van der Waals surface area contributed by atoms with Crippen LogP contribution >= 0.6 is 12.4 Å². The highest BCUT2D eigenvalue weighted by molar-refractivity contribution is 5.85. The van der Waals surface area contributed by atoms with Gasteiger partial charge in [0, 0.05) is 12.1 Å². The van der Waals surface area contributed by atoms with E-state index in [4.69, 9.17) is 0 Å². The largest absolute Gasteiger partial charge is 0.297 e. The fourth-order valence-electron chi connectivity index (χ4n) is 4.68. The first-order chi connectivity index (χ1) is 7.86. The molecule has 3 fully saturated rings. The third-order valence-corrected chi connectivity index (χ3v) is 5.57. The first-order valence-corrected chi connectivity index (χ1v) is 7.62. The van der Waals surface area contributed by atoms with Gasteiger partial charge in [-0.1, -0.05) is 32.6 Å². The predicted octanol–water partition coefficient (Wildman–Crippen LogP) is 4.25. The zero-order valence-corrected chi connectivity index (χ0v) is 12.1. The Balaban J connectivity index is 0.00000108. The molecule has 4 atom stereocenters. The van der Waals surface area contributed by atoms with Gasteiger partial charge in [0.05, 0.1) is 0 Å². The fourth-order valence-corrected chi connectivity index (χ4v) is 4.68. The van der Waals surface area contributed by atoms with Gasteiger partial charge in [0.15, 0.2) is 0 Å². The van der Waals surface area contributed by atoms with Crippen molar-refractivity contribution in [3.63, 3.8) is 0 Å². The molecule has 0 aromatic heterocycles. The van der Waals surface area contributed by atoms with Crippen molar-refractivity contribution in [2.24, 2.45) is 11.8 Å². The van der Waals surface area contributed by atoms with Crippen LogP contribution in [0.5, 0.6) is 0 Å². The molecule has 0 aromatic rings. The van der Waals surface area contributed by atoms with E-state index < -0.39 is 0 Å². The van der Waals surface area contributed by atoms with Crippen molar-refractivity contribution in [3.8, 4) is 0 Å². The second-order valence-corrected chi connectivity index (χ2v) is 6.46. The van der Waals surface area contributed by atoms with Gasteiger partial charge in [0.1, 0.15) is 0 Å². The van der Waals surface area contributed by atoms with Crippen LogP contribution < -0.4 is 0 Å². The molecule has 2 saturated heterocycles. The van der Waals surface area contributed by atoms with Gasteiger partial charge in [-0.15, -0.1) is 12.4 Å². The van der Waals surface area contributed by atoms with E-state index in [1.165, 1.54) is 64.3 Å². The number of nitrogens with zero attached hydrogens (tertiary/aromatic N) is 1. The summed E-state index contributed by atoms with van der Waals surface area (Å²) in [5.41, 5.74) is 0. The van der Waals surface area contributed by atoms with Gasteiger partial charge in [0.25, 0.3) is 0 Å². The number of halogens is 1. The van der Waals surface area contributed by atoms with E-state index in [-0.39, 0.29) is 12.4 Å². The van der Waals surface area contributed by atoms with Gasteiger partial charge in [-0.3, -0.25) is 4.90 Å². The average Bonchev–Trinajstić information content (AvgIpc) is 2.74. The first kappa shape index (κ1) is 13.7. The Morgan fingerprint density at radius 3 is 2.41 bits per heavy atom. The summed E-state index contributed by atoms with van der Waals surface area (Å²) in [6, 6.07) is 1.95. The highest BCUT2D eigenvalue weighted by atomic mass is 35.5. The van der Waals surface area contributed by atoms with Crippen LogP contribution in [0.25, 0.3) is 0 Å². The number of hydrogen-bond donors (Lipinski definition) is 0. The molecule has 0 spiro atoms. The molecule has 0 aromatic carbocycles. The van der Waals surface area contributed by atoms with E-state index in [1.54, 1.807) is 0 Å². The maximum Gasteiger partial charge on any atom is 0.0130 e. The molecule has 4 unspecified atom stereocenters. The third-order valence-electron chi connectivity index (χ3n) is 5.57. The molecule has 3 aliphatic rings. The van der Waals surface area contributed by atoms with E-state index in [2.05, 4.69) is 11.8 Å². The maximum atomic E-state index is 2.91. The molecule has 0 bridgehead atoms. The van der Waals surface area contributed by atoms with Crippen molar-refractivity contribution in [1.29, 1.82) is 0 Å². The zero-order valence-electron chi connectivity index (χ0n) is 11.2. The summed E-state index contributed by atoms with van der Waals surface area (Å²) in [4.78, 5) is 2.91. The predicted molar refractivity (Wildman–Crippen MR) is 75.7 cm³/mol. The number of rotatable bonds is 1. The summed E-state index contributed by atoms with van der Waals surface area (Å²) in [5.74, 6) is 2.04. The lowest BCUT2D eigenvalue weighted by molar-refractivity contribution is 0.0738. The van der Waals surface area contributed by atoms with Crippen molar-refractivity contribution in [1.82, 2.24) is 4.90 Å². The van der Waals surface area contributed by atoms with Gasteiger partial charge in [0.2, 0.25) is 0 Å². The standard InChI is InChI=1S/C15H27N.ClH/c1-12-6-2-3-8-14(12)15-10-9-13-7-4-5-11-16(13)15;/h12-15H,2-11H2,1H3;1H. The Morgan fingerprint density at radius 2 is 1.59 bits per heavy atom. The quantitative estimate of drug-likeness (QED) is 0.679. The Kier molecular flexibility index (Phi) is 4.77. The summed E-state index contributed by atoms with van der Waals surface area (Å²) in [6.07, 6.45) is 13.5. The summed E-state index contributed by atoms with van der Waals surface area (Å²) >= 11 is 0. The molecular formula is C15H28ClN. The number of fused-ring (bicyclic) bond motifs is 1. The van der Waals surface area contributed by atoms with Crippen LogP contribution in [0, 0.1) is 11.8 Å². The summed E-state index contributed by atoms with van der Waals surface area (Å²) < 4.78 is 0. The van der Waals surface area contributed by atoms with Crippen molar-refractivity contribution < 1.29 is 0 Å². The second-order valence-electron chi connectivity index (χ2n) is 6.46. The number of hydrogen-bond acceptors (Lipinski definition) is 1. The summed E-state index contributed by atoms with van der Waals surface area (Å²) in [5, 5.41) is 0. The lowest BCUT2D eigenvalue weighted by atomic mass is 9.75. The molecule has 100 valence electrons. The Morgan fingerprint density at radius 1 is 0.824 bits per heavy atom. The smallest absolute Gasteiger partial charge is 0.0130 e. The van der Waals surface area contributed by atoms with Crippen molar-refractivity contribution in [2.75, 3.05) is 6.54 Å². The van der Waals surface area contributed by atoms with Crippen LogP contribution in [0.1, 0.15) is 64.7 Å². The van der Waals surface area contributed by atoms with E-state index in [1.807, 2.05) is 0 Å². The topological polar surface area (TPSA) is 3.24 Å². The van der Waals surface area contributed by atoms with E-state index in [9.17, 15) is 0 Å². The minimum absolute atomic E-state index is 0. The fraction of sp³-hybridized carbons (Fsp3) is 1.00. The van der Waals surface area contributed by atoms with E-state index in [0.717, 1.165) is 23.9 Å². The monoisotopic (exact) mass is 257 g/mol. The molecule has 0 N–H and O–H groups in total. The van der Waals surface area contributed by atoms with E-state index >= 15 is 0 Å². The normalized spacial score (nSPS) is 42.9. The van der Waals surface area contributed by atoms with Crippen LogP contribution in [0.2, 0.25) is 0 Å². The molecule has 2 heteroatoms. The SMILES string of the molecule is CC1CCCCC1C1CCC2CCCCN21.Cl. The Hall–Kier alpha value is 0.250. The summed E-state index contributed by atoms with van der Waals surface area (Å²) in [6.45, 7) is 3.93. The highest BCUT2D eigenvalue weighted by Gasteiger charge is 2.40. The molecule has 3 rings (SSSR count). The summed E-state index contributed by atoms with van der Waals surface area (Å²) in [7, 11) is 0. The van der Waals surface area contributed by atoms with Gasteiger partial charge < -0.3 is 0 Å². The van der Waals surface area contributed by atoms with Gasteiger partial charge in [-0.2, -0.15) is 0 Å². The average molecular weight is 258 g/mol. The van der Waals surface area contributed by atoms with Crippen molar-refractivity contribution in [2.45, 2.75) is 76.8 Å². The molecule has 0 radical (unpaired) electrons. The zero-order chi connectivity index (χ0) is 11.0. The van der Waals surface area contributed by atoms with Gasteiger partial charge in [-0.25, -0.2) is 0 Å². The van der Waals surface area contributed by atoms with Crippen LogP contribution in [-0.4, -0.2) is 23.5 Å². The Labute approximate surface area is 113 Å². The van der Waals surface area contributed by atoms with Gasteiger partial charge >= 0.3 is 0 Å². The van der Waals surface area contributed by atoms with Crippen LogP contribution in [-0.2, 0) is 0 Å². The molecule has 2 aliphatic heterocycles. The minimum Gasteiger partial charge on any atom is -0.297 e. The molecule has 1 aliphatic carbocycles. The van der Waals surface area contributed by atoms with Crippen LogP contribution in [0.15, 0.2) is 0 Å². The maximum absolute atomic E-state index is 2.91. The molecule has 1 saturated carbocycles. The van der Waals surface area contributed by atoms with Crippen molar-refractivity contribution in [3.05, 3.63) is 0 Å². The lowest BCUT2D eigenvalue weighted by Crippen LogP contribution is -2.45. The van der Waals surface area contributed by atoms with Crippen LogP contribution in [0.4, 0.5) is 0 Å². The minimum atomic E-state index is 0. The van der Waals surface area contributed by atoms with Gasteiger partial charge in [-0.05, 0) is 50.5 Å². The molecule has 17 heavy (non-hydrogen) atoms. The van der Waals surface area contributed by atoms with Crippen LogP contribution in [0.3, 0.4) is 0 Å². The lowest BCUT2D eigenvalue weighted by Gasteiger charge is -2.41. The van der Waals surface area contributed by atoms with Crippen molar-refractivity contribution >= 4 is 12.4 Å². The number of piperidine rings is 1. The second kappa shape index (κ2) is 5.93. The Bertz CT molecular complexity index is 243.